The van der Waals surface area contributed by atoms with E-state index in [2.05, 4.69) is 0 Å². The molecule has 2 atom stereocenters. The Labute approximate surface area is 106 Å². The van der Waals surface area contributed by atoms with Gasteiger partial charge < -0.3 is 5.11 Å². The number of hydrogen-bond donors (Lipinski definition) is 1. The molecule has 0 amide bonds. The first-order valence-corrected chi connectivity index (χ1v) is 7.17. The molecule has 0 aromatic heterocycles. The van der Waals surface area contributed by atoms with Crippen LogP contribution in [0.3, 0.4) is 0 Å². The summed E-state index contributed by atoms with van der Waals surface area (Å²) in [5.41, 5.74) is 2.02. The Morgan fingerprint density at radius 3 is 2.88 bits per heavy atom. The zero-order valence-corrected chi connectivity index (χ0v) is 11.0. The van der Waals surface area contributed by atoms with Gasteiger partial charge in [0.15, 0.2) is 0 Å². The van der Waals surface area contributed by atoms with E-state index >= 15 is 0 Å². The van der Waals surface area contributed by atoms with Crippen LogP contribution in [0.25, 0.3) is 0 Å². The first-order valence-electron chi connectivity index (χ1n) is 5.74. The Bertz CT molecular complexity index is 361. The molecule has 1 aliphatic heterocycles. The van der Waals surface area contributed by atoms with Crippen molar-refractivity contribution in [2.24, 2.45) is 0 Å². The summed E-state index contributed by atoms with van der Waals surface area (Å²) in [5.74, 6) is 1.17. The van der Waals surface area contributed by atoms with Crippen LogP contribution in [-0.4, -0.2) is 16.1 Å². The number of benzene rings is 1. The van der Waals surface area contributed by atoms with Crippen molar-refractivity contribution in [3.63, 3.8) is 0 Å². The van der Waals surface area contributed by atoms with Crippen LogP contribution < -0.4 is 0 Å². The standard InChI is InChI=1S/C13H17ClOS/c1-9-5-6-10(8-11(9)14)13(15)12-4-2-3-7-16-12/h5-6,8,12-13,15H,2-4,7H2,1H3. The first-order chi connectivity index (χ1) is 7.68. The predicted octanol–water partition coefficient (Wildman–Crippen LogP) is 3.97. The summed E-state index contributed by atoms with van der Waals surface area (Å²) in [4.78, 5) is 0. The third-order valence-corrected chi connectivity index (χ3v) is 4.96. The van der Waals surface area contributed by atoms with Gasteiger partial charge in [-0.05, 0) is 42.7 Å². The largest absolute Gasteiger partial charge is 0.387 e. The lowest BCUT2D eigenvalue weighted by Gasteiger charge is -2.26. The number of aryl methyl sites for hydroxylation is 1. The van der Waals surface area contributed by atoms with Crippen molar-refractivity contribution in [2.75, 3.05) is 5.75 Å². The maximum Gasteiger partial charge on any atom is 0.0909 e. The van der Waals surface area contributed by atoms with Gasteiger partial charge in [-0.3, -0.25) is 0 Å². The van der Waals surface area contributed by atoms with Crippen LogP contribution in [0.2, 0.25) is 5.02 Å². The van der Waals surface area contributed by atoms with E-state index in [-0.39, 0.29) is 6.10 Å². The molecule has 1 saturated heterocycles. The lowest BCUT2D eigenvalue weighted by Crippen LogP contribution is -2.18. The fourth-order valence-electron chi connectivity index (χ4n) is 2.02. The molecule has 3 heteroatoms. The molecule has 2 rings (SSSR count). The summed E-state index contributed by atoms with van der Waals surface area (Å²) >= 11 is 7.96. The van der Waals surface area contributed by atoms with Gasteiger partial charge >= 0.3 is 0 Å². The third-order valence-electron chi connectivity index (χ3n) is 3.10. The molecule has 0 spiro atoms. The highest BCUT2D eigenvalue weighted by Gasteiger charge is 2.23. The SMILES string of the molecule is Cc1ccc(C(O)C2CCCCS2)cc1Cl. The highest BCUT2D eigenvalue weighted by atomic mass is 35.5. The van der Waals surface area contributed by atoms with E-state index in [0.29, 0.717) is 5.25 Å². The van der Waals surface area contributed by atoms with Crippen molar-refractivity contribution >= 4 is 23.4 Å². The number of rotatable bonds is 2. The van der Waals surface area contributed by atoms with Gasteiger partial charge in [0, 0.05) is 10.3 Å². The fraction of sp³-hybridized carbons (Fsp3) is 0.538. The quantitative estimate of drug-likeness (QED) is 0.864. The summed E-state index contributed by atoms with van der Waals surface area (Å²) in [5, 5.41) is 11.4. The molecule has 1 aromatic carbocycles. The summed E-state index contributed by atoms with van der Waals surface area (Å²) in [6.07, 6.45) is 3.25. The van der Waals surface area contributed by atoms with Crippen molar-refractivity contribution < 1.29 is 5.11 Å². The second-order valence-electron chi connectivity index (χ2n) is 4.36. The minimum atomic E-state index is -0.372. The van der Waals surface area contributed by atoms with E-state index in [9.17, 15) is 5.11 Å². The van der Waals surface area contributed by atoms with E-state index in [1.807, 2.05) is 36.9 Å². The molecular formula is C13H17ClOS. The van der Waals surface area contributed by atoms with Gasteiger partial charge in [0.1, 0.15) is 0 Å². The van der Waals surface area contributed by atoms with Gasteiger partial charge in [0.2, 0.25) is 0 Å². The van der Waals surface area contributed by atoms with Gasteiger partial charge in [0.05, 0.1) is 6.10 Å². The number of aliphatic hydroxyl groups is 1. The van der Waals surface area contributed by atoms with Gasteiger partial charge in [0.25, 0.3) is 0 Å². The fourth-order valence-corrected chi connectivity index (χ4v) is 3.56. The monoisotopic (exact) mass is 256 g/mol. The molecule has 1 heterocycles. The maximum absolute atomic E-state index is 10.3. The molecule has 2 unspecified atom stereocenters. The zero-order valence-electron chi connectivity index (χ0n) is 9.45. The molecule has 0 aliphatic carbocycles. The Morgan fingerprint density at radius 2 is 2.25 bits per heavy atom. The Hall–Kier alpha value is -0.180. The Balaban J connectivity index is 2.12. The molecule has 1 aliphatic rings. The molecule has 1 nitrogen and oxygen atoms in total. The summed E-state index contributed by atoms with van der Waals surface area (Å²) < 4.78 is 0. The van der Waals surface area contributed by atoms with Crippen LogP contribution in [0.4, 0.5) is 0 Å². The maximum atomic E-state index is 10.3. The lowest BCUT2D eigenvalue weighted by atomic mass is 10.0. The smallest absolute Gasteiger partial charge is 0.0909 e. The highest BCUT2D eigenvalue weighted by molar-refractivity contribution is 7.99. The van der Waals surface area contributed by atoms with Gasteiger partial charge in [-0.15, -0.1) is 0 Å². The average molecular weight is 257 g/mol. The number of thioether (sulfide) groups is 1. The molecule has 0 radical (unpaired) electrons. The van der Waals surface area contributed by atoms with Crippen LogP contribution in [0.5, 0.6) is 0 Å². The van der Waals surface area contributed by atoms with Gasteiger partial charge in [-0.1, -0.05) is 30.2 Å². The third kappa shape index (κ3) is 2.73. The second kappa shape index (κ2) is 5.44. The molecule has 1 fully saturated rings. The van der Waals surface area contributed by atoms with Gasteiger partial charge in [-0.25, -0.2) is 0 Å². The van der Waals surface area contributed by atoms with Crippen molar-refractivity contribution in [2.45, 2.75) is 37.5 Å². The van der Waals surface area contributed by atoms with E-state index in [4.69, 9.17) is 11.6 Å². The number of halogens is 1. The molecule has 0 bridgehead atoms. The van der Waals surface area contributed by atoms with Gasteiger partial charge in [-0.2, -0.15) is 11.8 Å². The van der Waals surface area contributed by atoms with Crippen LogP contribution in [0.1, 0.15) is 36.5 Å². The second-order valence-corrected chi connectivity index (χ2v) is 6.11. The van der Waals surface area contributed by atoms with Crippen molar-refractivity contribution in [1.29, 1.82) is 0 Å². The summed E-state index contributed by atoms with van der Waals surface area (Å²) in [6, 6.07) is 5.87. The molecule has 1 N–H and O–H groups in total. The first kappa shape index (κ1) is 12.3. The highest BCUT2D eigenvalue weighted by Crippen LogP contribution is 2.35. The van der Waals surface area contributed by atoms with E-state index in [0.717, 1.165) is 22.6 Å². The zero-order chi connectivity index (χ0) is 11.5. The predicted molar refractivity (Wildman–Crippen MR) is 71.2 cm³/mol. The molecule has 1 aromatic rings. The van der Waals surface area contributed by atoms with Crippen LogP contribution >= 0.6 is 23.4 Å². The Kier molecular flexibility index (Phi) is 4.17. The number of hydrogen-bond acceptors (Lipinski definition) is 2. The van der Waals surface area contributed by atoms with E-state index < -0.39 is 0 Å². The van der Waals surface area contributed by atoms with Crippen LogP contribution in [0, 0.1) is 6.92 Å². The molecule has 88 valence electrons. The molecular weight excluding hydrogens is 240 g/mol. The molecule has 16 heavy (non-hydrogen) atoms. The van der Waals surface area contributed by atoms with Crippen molar-refractivity contribution in [3.05, 3.63) is 34.3 Å². The topological polar surface area (TPSA) is 20.2 Å². The van der Waals surface area contributed by atoms with Crippen molar-refractivity contribution in [1.82, 2.24) is 0 Å². The van der Waals surface area contributed by atoms with Crippen LogP contribution in [0.15, 0.2) is 18.2 Å². The summed E-state index contributed by atoms with van der Waals surface area (Å²) in [6.45, 7) is 1.98. The van der Waals surface area contributed by atoms with E-state index in [1.54, 1.807) is 0 Å². The molecule has 0 saturated carbocycles. The normalized spacial score (nSPS) is 23.1. The van der Waals surface area contributed by atoms with E-state index in [1.165, 1.54) is 18.6 Å². The lowest BCUT2D eigenvalue weighted by molar-refractivity contribution is 0.169. The average Bonchev–Trinajstić information content (AvgIpc) is 2.33. The number of aliphatic hydroxyl groups excluding tert-OH is 1. The minimum absolute atomic E-state index is 0.340. The minimum Gasteiger partial charge on any atom is -0.387 e. The van der Waals surface area contributed by atoms with Crippen molar-refractivity contribution in [3.8, 4) is 0 Å². The van der Waals surface area contributed by atoms with Crippen LogP contribution in [-0.2, 0) is 0 Å². The summed E-state index contributed by atoms with van der Waals surface area (Å²) in [7, 11) is 0. The Morgan fingerprint density at radius 1 is 1.44 bits per heavy atom.